The van der Waals surface area contributed by atoms with E-state index in [1.807, 2.05) is 0 Å². The van der Waals surface area contributed by atoms with Crippen molar-refractivity contribution in [1.82, 2.24) is 0 Å². The van der Waals surface area contributed by atoms with Gasteiger partial charge in [-0.2, -0.15) is 0 Å². The van der Waals surface area contributed by atoms with Crippen molar-refractivity contribution in [2.75, 3.05) is 13.2 Å². The van der Waals surface area contributed by atoms with Crippen LogP contribution in [0.15, 0.2) is 0 Å². The van der Waals surface area contributed by atoms with Gasteiger partial charge in [0.2, 0.25) is 0 Å². The molecule has 1 heterocycles. The monoisotopic (exact) mass is 202 g/mol. The van der Waals surface area contributed by atoms with Gasteiger partial charge in [-0.05, 0) is 13.8 Å². The minimum atomic E-state index is -1.08. The standard InChI is InChI=1S/2C2H4O2.C2H4O.Ca/c2*1-2(3)4;1-2-3-1;/h2*1H3,(H,3,4);1-2H2;/q;;;+2/p-2. The number of epoxide rings is 1. The van der Waals surface area contributed by atoms with Gasteiger partial charge in [-0.25, -0.2) is 0 Å². The van der Waals surface area contributed by atoms with Gasteiger partial charge in [-0.1, -0.05) is 0 Å². The average Bonchev–Trinajstić information content (AvgIpc) is 2.36. The summed E-state index contributed by atoms with van der Waals surface area (Å²) >= 11 is 0. The van der Waals surface area contributed by atoms with E-state index < -0.39 is 11.9 Å². The molecule has 0 N–H and O–H groups in total. The number of ether oxygens (including phenoxy) is 1. The number of carboxylic acids is 2. The van der Waals surface area contributed by atoms with E-state index in [1.54, 1.807) is 0 Å². The van der Waals surface area contributed by atoms with Gasteiger partial charge >= 0.3 is 37.7 Å². The van der Waals surface area contributed by atoms with E-state index in [1.165, 1.54) is 0 Å². The molecule has 1 aliphatic rings. The topological polar surface area (TPSA) is 92.8 Å². The molecule has 0 aromatic carbocycles. The van der Waals surface area contributed by atoms with Crippen molar-refractivity contribution in [2.24, 2.45) is 0 Å². The number of hydrogen-bond donors (Lipinski definition) is 0. The van der Waals surface area contributed by atoms with E-state index in [0.717, 1.165) is 27.1 Å². The second-order valence-electron chi connectivity index (χ2n) is 1.60. The van der Waals surface area contributed by atoms with Crippen molar-refractivity contribution >= 4 is 49.7 Å². The quantitative estimate of drug-likeness (QED) is 0.311. The van der Waals surface area contributed by atoms with Gasteiger partial charge < -0.3 is 24.5 Å². The summed E-state index contributed by atoms with van der Waals surface area (Å²) < 4.78 is 4.50. The Hall–Kier alpha value is 0.160. The minimum Gasteiger partial charge on any atom is -0.550 e. The van der Waals surface area contributed by atoms with Gasteiger partial charge in [0.15, 0.2) is 0 Å². The Morgan fingerprint density at radius 2 is 1.17 bits per heavy atom. The van der Waals surface area contributed by atoms with Gasteiger partial charge in [0.25, 0.3) is 0 Å². The fourth-order valence-electron chi connectivity index (χ4n) is 0. The molecule has 0 bridgehead atoms. The number of carbonyl (C=O) groups excluding carboxylic acids is 2. The van der Waals surface area contributed by atoms with Gasteiger partial charge in [0.1, 0.15) is 0 Å². The Bertz CT molecular complexity index is 100. The van der Waals surface area contributed by atoms with Gasteiger partial charge in [0, 0.05) is 11.9 Å². The third-order valence-corrected chi connectivity index (χ3v) is 0.204. The number of carbonyl (C=O) groups is 2. The number of hydrogen-bond acceptors (Lipinski definition) is 5. The van der Waals surface area contributed by atoms with E-state index in [0.29, 0.717) is 0 Å². The zero-order chi connectivity index (χ0) is 9.28. The molecule has 0 radical (unpaired) electrons. The maximum atomic E-state index is 8.89. The molecule has 6 heteroatoms. The zero-order valence-corrected chi connectivity index (χ0v) is 9.37. The molecule has 5 nitrogen and oxygen atoms in total. The molecule has 66 valence electrons. The van der Waals surface area contributed by atoms with Crippen molar-refractivity contribution in [2.45, 2.75) is 13.8 Å². The summed E-state index contributed by atoms with van der Waals surface area (Å²) in [7, 11) is 0. The largest absolute Gasteiger partial charge is 2.00 e. The maximum Gasteiger partial charge on any atom is 2.00 e. The summed E-state index contributed by atoms with van der Waals surface area (Å²) in [5, 5.41) is 17.8. The second-order valence-corrected chi connectivity index (χ2v) is 1.60. The molecule has 1 fully saturated rings. The van der Waals surface area contributed by atoms with Crippen LogP contribution >= 0.6 is 0 Å². The first kappa shape index (κ1) is 18.0. The molecular weight excluding hydrogens is 192 g/mol. The predicted octanol–water partition coefficient (Wildman–Crippen LogP) is -2.85. The summed E-state index contributed by atoms with van der Waals surface area (Å²) in [5.41, 5.74) is 0. The van der Waals surface area contributed by atoms with Crippen molar-refractivity contribution in [1.29, 1.82) is 0 Å². The van der Waals surface area contributed by atoms with Crippen molar-refractivity contribution in [3.63, 3.8) is 0 Å². The van der Waals surface area contributed by atoms with Crippen molar-refractivity contribution in [3.8, 4) is 0 Å². The Kier molecular flexibility index (Phi) is 20.7. The number of carboxylic acid groups (broad SMARTS) is 2. The minimum absolute atomic E-state index is 0. The van der Waals surface area contributed by atoms with Crippen molar-refractivity contribution < 1.29 is 24.5 Å². The Balaban J connectivity index is -0.0000000975. The van der Waals surface area contributed by atoms with E-state index in [9.17, 15) is 0 Å². The molecule has 0 aromatic rings. The molecule has 0 amide bonds. The molecule has 12 heavy (non-hydrogen) atoms. The third-order valence-electron chi connectivity index (χ3n) is 0.204. The molecule has 0 atom stereocenters. The molecule has 1 rings (SSSR count). The van der Waals surface area contributed by atoms with Crippen LogP contribution in [0.3, 0.4) is 0 Å². The van der Waals surface area contributed by atoms with Crippen LogP contribution < -0.4 is 10.2 Å². The fourth-order valence-corrected chi connectivity index (χ4v) is 0. The Morgan fingerprint density at radius 1 is 1.08 bits per heavy atom. The maximum absolute atomic E-state index is 8.89. The van der Waals surface area contributed by atoms with Crippen LogP contribution in [0.5, 0.6) is 0 Å². The first-order chi connectivity index (χ1) is 4.96. The molecule has 0 aromatic heterocycles. The van der Waals surface area contributed by atoms with Crippen LogP contribution in [0.4, 0.5) is 0 Å². The fraction of sp³-hybridized carbons (Fsp3) is 0.667. The van der Waals surface area contributed by atoms with Crippen LogP contribution in [0, 0.1) is 0 Å². The van der Waals surface area contributed by atoms with Crippen LogP contribution in [-0.2, 0) is 14.3 Å². The first-order valence-electron chi connectivity index (χ1n) is 2.89. The SMILES string of the molecule is C1CO1.CC(=O)[O-].CC(=O)[O-].[Ca+2]. The summed E-state index contributed by atoms with van der Waals surface area (Å²) in [6.07, 6.45) is 0. The summed E-state index contributed by atoms with van der Waals surface area (Å²) in [6, 6.07) is 0. The molecule has 0 saturated carbocycles. The first-order valence-corrected chi connectivity index (χ1v) is 2.89. The van der Waals surface area contributed by atoms with Crippen LogP contribution in [0.25, 0.3) is 0 Å². The van der Waals surface area contributed by atoms with Crippen LogP contribution in [0.2, 0.25) is 0 Å². The predicted molar refractivity (Wildman–Crippen MR) is 37.9 cm³/mol. The molecule has 1 aliphatic heterocycles. The molecule has 0 spiro atoms. The van der Waals surface area contributed by atoms with Gasteiger partial charge in [-0.15, -0.1) is 0 Å². The summed E-state index contributed by atoms with van der Waals surface area (Å²) in [6.45, 7) is 3.94. The van der Waals surface area contributed by atoms with E-state index in [-0.39, 0.29) is 37.7 Å². The van der Waals surface area contributed by atoms with E-state index >= 15 is 0 Å². The molecule has 0 aliphatic carbocycles. The molecule has 1 saturated heterocycles. The van der Waals surface area contributed by atoms with Crippen molar-refractivity contribution in [3.05, 3.63) is 0 Å². The average molecular weight is 202 g/mol. The van der Waals surface area contributed by atoms with Crippen LogP contribution in [0.1, 0.15) is 13.8 Å². The smallest absolute Gasteiger partial charge is 0.550 e. The number of aliphatic carboxylic acids is 2. The van der Waals surface area contributed by atoms with Gasteiger partial charge in [-0.3, -0.25) is 0 Å². The zero-order valence-electron chi connectivity index (χ0n) is 7.16. The molecular formula is C6H10CaO5. The van der Waals surface area contributed by atoms with Gasteiger partial charge in [0.05, 0.1) is 13.2 Å². The summed E-state index contributed by atoms with van der Waals surface area (Å²) in [4.78, 5) is 17.8. The third kappa shape index (κ3) is 634. The van der Waals surface area contributed by atoms with Crippen LogP contribution in [-0.4, -0.2) is 62.9 Å². The normalized spacial score (nSPS) is 10.2. The van der Waals surface area contributed by atoms with E-state index in [2.05, 4.69) is 4.74 Å². The Morgan fingerprint density at radius 3 is 1.17 bits per heavy atom. The Labute approximate surface area is 101 Å². The summed E-state index contributed by atoms with van der Waals surface area (Å²) in [5.74, 6) is -2.17. The van der Waals surface area contributed by atoms with E-state index in [4.69, 9.17) is 19.8 Å². The number of rotatable bonds is 0. The molecule has 0 unspecified atom stereocenters. The second kappa shape index (κ2) is 13.7.